The Morgan fingerprint density at radius 1 is 0.964 bits per heavy atom. The first-order valence-electron chi connectivity index (χ1n) is 8.99. The van der Waals surface area contributed by atoms with Crippen LogP contribution in [0.4, 0.5) is 17.5 Å². The maximum atomic E-state index is 6.06. The van der Waals surface area contributed by atoms with Gasteiger partial charge in [-0.1, -0.05) is 41.9 Å². The van der Waals surface area contributed by atoms with Gasteiger partial charge in [0.2, 0.25) is 5.95 Å². The quantitative estimate of drug-likeness (QED) is 0.493. The van der Waals surface area contributed by atoms with E-state index in [9.17, 15) is 0 Å². The number of aryl methyl sites for hydroxylation is 1. The van der Waals surface area contributed by atoms with Crippen LogP contribution in [0.2, 0.25) is 5.02 Å². The zero-order chi connectivity index (χ0) is 19.3. The summed E-state index contributed by atoms with van der Waals surface area (Å²) in [5.41, 5.74) is 4.33. The first kappa shape index (κ1) is 18.1. The minimum atomic E-state index is 0.512. The van der Waals surface area contributed by atoms with Gasteiger partial charge in [-0.2, -0.15) is 9.97 Å². The van der Waals surface area contributed by atoms with Crippen molar-refractivity contribution >= 4 is 40.2 Å². The first-order chi connectivity index (χ1) is 13.7. The van der Waals surface area contributed by atoms with Gasteiger partial charge in [-0.05, 0) is 42.7 Å². The molecule has 140 valence electrons. The Labute approximate surface area is 168 Å². The van der Waals surface area contributed by atoms with E-state index in [-0.39, 0.29) is 0 Å². The molecule has 2 aromatic heterocycles. The number of aromatic nitrogens is 4. The number of rotatable bonds is 6. The molecule has 7 heteroatoms. The molecule has 0 aliphatic heterocycles. The van der Waals surface area contributed by atoms with E-state index in [1.54, 1.807) is 12.4 Å². The van der Waals surface area contributed by atoms with Gasteiger partial charge in [0, 0.05) is 29.6 Å². The van der Waals surface area contributed by atoms with Gasteiger partial charge in [-0.15, -0.1) is 0 Å². The van der Waals surface area contributed by atoms with Gasteiger partial charge in [-0.25, -0.2) is 9.97 Å². The highest BCUT2D eigenvalue weighted by Gasteiger charge is 2.11. The summed E-state index contributed by atoms with van der Waals surface area (Å²) in [6, 6.07) is 15.9. The molecule has 2 N–H and O–H groups in total. The van der Waals surface area contributed by atoms with Crippen LogP contribution in [-0.4, -0.2) is 26.5 Å². The van der Waals surface area contributed by atoms with Crippen LogP contribution in [0.3, 0.4) is 0 Å². The van der Waals surface area contributed by atoms with Gasteiger partial charge in [0.15, 0.2) is 17.0 Å². The van der Waals surface area contributed by atoms with E-state index in [2.05, 4.69) is 42.7 Å². The fourth-order valence-electron chi connectivity index (χ4n) is 2.89. The molecule has 4 aromatic rings. The van der Waals surface area contributed by atoms with Crippen molar-refractivity contribution in [2.24, 2.45) is 0 Å². The highest BCUT2D eigenvalue weighted by molar-refractivity contribution is 6.30. The molecule has 0 spiro atoms. The zero-order valence-electron chi connectivity index (χ0n) is 15.4. The van der Waals surface area contributed by atoms with Gasteiger partial charge >= 0.3 is 0 Å². The molecular formula is C21H19ClN6. The molecule has 0 atom stereocenters. The molecule has 0 aliphatic carbocycles. The number of anilines is 3. The van der Waals surface area contributed by atoms with Crippen molar-refractivity contribution in [1.29, 1.82) is 0 Å². The number of nitrogens with one attached hydrogen (secondary N) is 2. The summed E-state index contributed by atoms with van der Waals surface area (Å²) in [6.45, 7) is 2.71. The van der Waals surface area contributed by atoms with Crippen LogP contribution in [0.1, 0.15) is 11.1 Å². The Morgan fingerprint density at radius 2 is 1.79 bits per heavy atom. The van der Waals surface area contributed by atoms with Crippen LogP contribution < -0.4 is 10.6 Å². The minimum Gasteiger partial charge on any atom is -0.354 e. The van der Waals surface area contributed by atoms with E-state index in [1.807, 2.05) is 43.3 Å². The Bertz CT molecular complexity index is 1100. The van der Waals surface area contributed by atoms with Crippen molar-refractivity contribution in [2.45, 2.75) is 13.3 Å². The minimum absolute atomic E-state index is 0.512. The number of hydrogen-bond acceptors (Lipinski definition) is 6. The molecule has 0 fully saturated rings. The lowest BCUT2D eigenvalue weighted by atomic mass is 10.1. The third-order valence-electron chi connectivity index (χ3n) is 4.31. The topological polar surface area (TPSA) is 75.6 Å². The van der Waals surface area contributed by atoms with Crippen LogP contribution in [-0.2, 0) is 6.42 Å². The smallest absolute Gasteiger partial charge is 0.226 e. The molecule has 2 aromatic carbocycles. The molecule has 4 rings (SSSR count). The molecule has 0 amide bonds. The van der Waals surface area contributed by atoms with E-state index in [4.69, 9.17) is 11.6 Å². The average Bonchev–Trinajstić information content (AvgIpc) is 2.71. The normalized spacial score (nSPS) is 10.8. The Balaban J connectivity index is 1.59. The second-order valence-corrected chi connectivity index (χ2v) is 6.81. The summed E-state index contributed by atoms with van der Waals surface area (Å²) < 4.78 is 0. The Hall–Kier alpha value is -3.25. The monoisotopic (exact) mass is 390 g/mol. The lowest BCUT2D eigenvalue weighted by Gasteiger charge is -2.12. The van der Waals surface area contributed by atoms with E-state index >= 15 is 0 Å². The number of nitrogens with zero attached hydrogens (tertiary/aromatic N) is 4. The zero-order valence-corrected chi connectivity index (χ0v) is 16.1. The summed E-state index contributed by atoms with van der Waals surface area (Å²) in [4.78, 5) is 17.8. The van der Waals surface area contributed by atoms with Crippen LogP contribution in [0.5, 0.6) is 0 Å². The summed E-state index contributed by atoms with van der Waals surface area (Å²) >= 11 is 6.06. The molecule has 0 bridgehead atoms. The molecule has 2 heterocycles. The maximum Gasteiger partial charge on any atom is 0.226 e. The highest BCUT2D eigenvalue weighted by Crippen LogP contribution is 2.26. The van der Waals surface area contributed by atoms with E-state index < -0.39 is 0 Å². The van der Waals surface area contributed by atoms with Gasteiger partial charge in [0.05, 0.1) is 0 Å². The predicted octanol–water partition coefficient (Wildman–Crippen LogP) is 4.78. The average molecular weight is 391 g/mol. The first-order valence-corrected chi connectivity index (χ1v) is 9.36. The van der Waals surface area contributed by atoms with Crippen LogP contribution in [0, 0.1) is 6.92 Å². The van der Waals surface area contributed by atoms with Crippen LogP contribution in [0.25, 0.3) is 11.2 Å². The summed E-state index contributed by atoms with van der Waals surface area (Å²) in [5, 5.41) is 7.32. The van der Waals surface area contributed by atoms with Gasteiger partial charge in [-0.3, -0.25) is 0 Å². The Morgan fingerprint density at radius 3 is 2.61 bits per heavy atom. The van der Waals surface area contributed by atoms with Crippen LogP contribution in [0.15, 0.2) is 60.9 Å². The molecule has 6 nitrogen and oxygen atoms in total. The van der Waals surface area contributed by atoms with Crippen molar-refractivity contribution in [3.05, 3.63) is 77.1 Å². The molecule has 0 aliphatic rings. The highest BCUT2D eigenvalue weighted by atomic mass is 35.5. The predicted molar refractivity (Wildman–Crippen MR) is 113 cm³/mol. The van der Waals surface area contributed by atoms with Crippen molar-refractivity contribution in [3.63, 3.8) is 0 Å². The number of benzene rings is 2. The Kier molecular flexibility index (Phi) is 5.30. The van der Waals surface area contributed by atoms with E-state index in [1.165, 1.54) is 5.56 Å². The summed E-state index contributed by atoms with van der Waals surface area (Å²) in [7, 11) is 0. The second-order valence-electron chi connectivity index (χ2n) is 6.37. The third-order valence-corrected chi connectivity index (χ3v) is 4.55. The molecule has 0 radical (unpaired) electrons. The van der Waals surface area contributed by atoms with Crippen molar-refractivity contribution in [3.8, 4) is 0 Å². The van der Waals surface area contributed by atoms with E-state index in [0.29, 0.717) is 28.0 Å². The molecule has 0 saturated carbocycles. The van der Waals surface area contributed by atoms with Crippen molar-refractivity contribution < 1.29 is 0 Å². The lowest BCUT2D eigenvalue weighted by Crippen LogP contribution is -2.10. The van der Waals surface area contributed by atoms with Crippen molar-refractivity contribution in [2.75, 3.05) is 17.2 Å². The van der Waals surface area contributed by atoms with Gasteiger partial charge < -0.3 is 10.6 Å². The molecule has 0 saturated heterocycles. The lowest BCUT2D eigenvalue weighted by molar-refractivity contribution is 0.987. The largest absolute Gasteiger partial charge is 0.354 e. The fraction of sp³-hybridized carbons (Fsp3) is 0.143. The molecular weight excluding hydrogens is 372 g/mol. The van der Waals surface area contributed by atoms with Gasteiger partial charge in [0.25, 0.3) is 0 Å². The third kappa shape index (κ3) is 4.18. The SMILES string of the molecule is Cc1cc(Cl)ccc1Nc1nc(NCCc2ccccc2)nc2nccnc12. The second kappa shape index (κ2) is 8.19. The summed E-state index contributed by atoms with van der Waals surface area (Å²) in [5.74, 6) is 1.11. The standard InChI is InChI=1S/C21H19ClN6/c1-14-13-16(22)7-8-17(14)26-20-18-19(24-12-11-23-18)27-21(28-20)25-10-9-15-5-3-2-4-6-15/h2-8,11-13H,9-10H2,1H3,(H2,24,25,26,27,28). The maximum absolute atomic E-state index is 6.06. The number of fused-ring (bicyclic) bond motifs is 1. The number of hydrogen-bond donors (Lipinski definition) is 2. The molecule has 28 heavy (non-hydrogen) atoms. The fourth-order valence-corrected chi connectivity index (χ4v) is 3.11. The molecule has 0 unspecified atom stereocenters. The van der Waals surface area contributed by atoms with Gasteiger partial charge in [0.1, 0.15) is 0 Å². The summed E-state index contributed by atoms with van der Waals surface area (Å²) in [6.07, 6.45) is 4.14. The van der Waals surface area contributed by atoms with Crippen molar-refractivity contribution in [1.82, 2.24) is 19.9 Å². The van der Waals surface area contributed by atoms with E-state index in [0.717, 1.165) is 24.2 Å². The number of halogens is 1. The van der Waals surface area contributed by atoms with Crippen LogP contribution >= 0.6 is 11.6 Å².